The Hall–Kier alpha value is -2.45. The topological polar surface area (TPSA) is 96.4 Å². The van der Waals surface area contributed by atoms with Gasteiger partial charge in [0.1, 0.15) is 0 Å². The summed E-state index contributed by atoms with van der Waals surface area (Å²) in [4.78, 5) is 14.0. The maximum atomic E-state index is 12.0. The minimum absolute atomic E-state index is 0.0433. The normalized spacial score (nSPS) is 11.1. The van der Waals surface area contributed by atoms with Crippen molar-refractivity contribution in [2.24, 2.45) is 5.14 Å². The number of carbonyl (C=O) groups excluding carboxylic acids is 1. The summed E-state index contributed by atoms with van der Waals surface area (Å²) >= 11 is 0. The lowest BCUT2D eigenvalue weighted by molar-refractivity contribution is -0.684. The number of primary sulfonamides is 1. The lowest BCUT2D eigenvalue weighted by atomic mass is 10.3. The first kappa shape index (κ1) is 16.9. The molecule has 0 aliphatic rings. The summed E-state index contributed by atoms with van der Waals surface area (Å²) in [5, 5.41) is 7.72. The van der Waals surface area contributed by atoms with Crippen molar-refractivity contribution in [1.82, 2.24) is 0 Å². The van der Waals surface area contributed by atoms with E-state index in [2.05, 4.69) is 5.32 Å². The Morgan fingerprint density at radius 3 is 2.43 bits per heavy atom. The number of amides is 1. The summed E-state index contributed by atoms with van der Waals surface area (Å²) in [6.07, 6.45) is 3.60. The molecule has 0 saturated carbocycles. The van der Waals surface area contributed by atoms with Gasteiger partial charge in [-0.25, -0.2) is 13.6 Å². The second-order valence-corrected chi connectivity index (χ2v) is 6.81. The number of aromatic nitrogens is 1. The highest BCUT2D eigenvalue weighted by Crippen LogP contribution is 2.14. The molecular weight excluding hydrogens is 316 g/mol. The molecule has 1 amide bonds. The molecule has 1 heterocycles. The Balaban J connectivity index is 2.05. The van der Waals surface area contributed by atoms with Crippen molar-refractivity contribution in [3.63, 3.8) is 0 Å². The fourth-order valence-electron chi connectivity index (χ4n) is 1.97. The fourth-order valence-corrected chi connectivity index (χ4v) is 2.53. The molecule has 0 saturated heterocycles. The molecule has 7 nitrogen and oxygen atoms in total. The number of carbonyl (C=O) groups is 1. The van der Waals surface area contributed by atoms with Gasteiger partial charge in [0, 0.05) is 37.6 Å². The molecule has 0 atom stereocenters. The predicted octanol–water partition coefficient (Wildman–Crippen LogP) is 0.326. The van der Waals surface area contributed by atoms with Gasteiger partial charge in [-0.05, 0) is 18.2 Å². The van der Waals surface area contributed by atoms with Crippen LogP contribution in [0, 0.1) is 0 Å². The van der Waals surface area contributed by atoms with Crippen molar-refractivity contribution in [2.45, 2.75) is 11.4 Å². The molecule has 1 aromatic carbocycles. The molecule has 0 unspecified atom stereocenters. The number of nitrogens with two attached hydrogens (primary N) is 1. The molecule has 0 aliphatic heterocycles. The van der Waals surface area contributed by atoms with E-state index in [1.807, 2.05) is 31.1 Å². The zero-order chi connectivity index (χ0) is 17.0. The predicted molar refractivity (Wildman–Crippen MR) is 87.4 cm³/mol. The first-order chi connectivity index (χ1) is 10.8. The Labute approximate surface area is 135 Å². The highest BCUT2D eigenvalue weighted by atomic mass is 32.2. The van der Waals surface area contributed by atoms with Crippen molar-refractivity contribution in [3.8, 4) is 0 Å². The molecule has 23 heavy (non-hydrogen) atoms. The van der Waals surface area contributed by atoms with Crippen LogP contribution in [0.5, 0.6) is 0 Å². The molecule has 122 valence electrons. The lowest BCUT2D eigenvalue weighted by Crippen LogP contribution is -2.39. The monoisotopic (exact) mass is 335 g/mol. The Bertz CT molecular complexity index is 802. The first-order valence-electron chi connectivity index (χ1n) is 6.85. The van der Waals surface area contributed by atoms with E-state index in [0.717, 1.165) is 5.69 Å². The summed E-state index contributed by atoms with van der Waals surface area (Å²) in [5.41, 5.74) is 1.41. The first-order valence-corrected chi connectivity index (χ1v) is 8.39. The summed E-state index contributed by atoms with van der Waals surface area (Å²) in [6, 6.07) is 9.62. The van der Waals surface area contributed by atoms with Gasteiger partial charge in [-0.2, -0.15) is 4.57 Å². The summed E-state index contributed by atoms with van der Waals surface area (Å²) in [7, 11) is 0.0767. The summed E-state index contributed by atoms with van der Waals surface area (Å²) in [5.74, 6) is -0.265. The molecule has 2 aromatic rings. The van der Waals surface area contributed by atoms with Crippen LogP contribution < -0.4 is 19.9 Å². The van der Waals surface area contributed by atoms with E-state index in [1.54, 1.807) is 23.0 Å². The third-order valence-corrected chi connectivity index (χ3v) is 4.07. The molecule has 0 bridgehead atoms. The smallest absolute Gasteiger partial charge is 0.290 e. The number of hydrogen-bond donors (Lipinski definition) is 2. The third kappa shape index (κ3) is 4.76. The highest BCUT2D eigenvalue weighted by Gasteiger charge is 2.12. The van der Waals surface area contributed by atoms with E-state index >= 15 is 0 Å². The molecule has 0 spiro atoms. The minimum atomic E-state index is -3.79. The summed E-state index contributed by atoms with van der Waals surface area (Å²) < 4.78 is 24.3. The molecule has 0 radical (unpaired) electrons. The highest BCUT2D eigenvalue weighted by molar-refractivity contribution is 7.89. The van der Waals surface area contributed by atoms with Gasteiger partial charge in [0.2, 0.25) is 16.6 Å². The van der Waals surface area contributed by atoms with Crippen LogP contribution in [0.2, 0.25) is 0 Å². The van der Waals surface area contributed by atoms with Crippen LogP contribution in [0.4, 0.5) is 11.4 Å². The van der Waals surface area contributed by atoms with Crippen molar-refractivity contribution < 1.29 is 17.8 Å². The molecule has 2 rings (SSSR count). The zero-order valence-corrected chi connectivity index (χ0v) is 13.7. The van der Waals surface area contributed by atoms with E-state index in [0.29, 0.717) is 5.69 Å². The van der Waals surface area contributed by atoms with Crippen LogP contribution in [0.3, 0.4) is 0 Å². The van der Waals surface area contributed by atoms with Gasteiger partial charge < -0.3 is 10.2 Å². The van der Waals surface area contributed by atoms with Crippen LogP contribution in [0.1, 0.15) is 0 Å². The number of nitrogens with zero attached hydrogens (tertiary/aromatic N) is 2. The SMILES string of the molecule is CN(C)c1cc[n+](CC(=O)Nc2cccc(S(N)(=O)=O)c2)cc1. The maximum absolute atomic E-state index is 12.0. The summed E-state index contributed by atoms with van der Waals surface area (Å²) in [6.45, 7) is 0.118. The molecule has 8 heteroatoms. The second-order valence-electron chi connectivity index (χ2n) is 5.24. The molecular formula is C15H19N4O3S+. The largest absolute Gasteiger partial charge is 0.377 e. The Morgan fingerprint density at radius 2 is 1.87 bits per heavy atom. The number of pyridine rings is 1. The van der Waals surface area contributed by atoms with E-state index in [-0.39, 0.29) is 17.3 Å². The van der Waals surface area contributed by atoms with Crippen LogP contribution in [0.25, 0.3) is 0 Å². The standard InChI is InChI=1S/C15H18N4O3S/c1-18(2)13-6-8-19(9-7-13)11-15(20)17-12-4-3-5-14(10-12)23(16,21)22/h3-10H,11H2,1-2H3,(H2-,16,17,20,21,22)/p+1. The van der Waals surface area contributed by atoms with Crippen LogP contribution in [-0.2, 0) is 21.4 Å². The molecule has 1 aromatic heterocycles. The van der Waals surface area contributed by atoms with Gasteiger partial charge in [-0.15, -0.1) is 0 Å². The quantitative estimate of drug-likeness (QED) is 0.770. The minimum Gasteiger partial charge on any atom is -0.377 e. The number of anilines is 2. The van der Waals surface area contributed by atoms with Crippen molar-refractivity contribution >= 4 is 27.3 Å². The lowest BCUT2D eigenvalue weighted by Gasteiger charge is -2.10. The van der Waals surface area contributed by atoms with Gasteiger partial charge >= 0.3 is 0 Å². The van der Waals surface area contributed by atoms with Gasteiger partial charge in [0.25, 0.3) is 5.91 Å². The van der Waals surface area contributed by atoms with Crippen LogP contribution in [-0.4, -0.2) is 28.4 Å². The van der Waals surface area contributed by atoms with Gasteiger partial charge in [0.15, 0.2) is 12.4 Å². The van der Waals surface area contributed by atoms with Crippen LogP contribution >= 0.6 is 0 Å². The Kier molecular flexibility index (Phi) is 4.97. The number of nitrogens with one attached hydrogen (secondary N) is 1. The molecule has 0 aliphatic carbocycles. The average Bonchev–Trinajstić information content (AvgIpc) is 2.47. The zero-order valence-electron chi connectivity index (χ0n) is 12.9. The van der Waals surface area contributed by atoms with Crippen molar-refractivity contribution in [2.75, 3.05) is 24.3 Å². The van der Waals surface area contributed by atoms with E-state index in [4.69, 9.17) is 5.14 Å². The molecule has 3 N–H and O–H groups in total. The number of sulfonamides is 1. The van der Waals surface area contributed by atoms with E-state index in [9.17, 15) is 13.2 Å². The number of benzene rings is 1. The van der Waals surface area contributed by atoms with Crippen molar-refractivity contribution in [1.29, 1.82) is 0 Å². The maximum Gasteiger partial charge on any atom is 0.290 e. The second kappa shape index (κ2) is 6.76. The Morgan fingerprint density at radius 1 is 1.22 bits per heavy atom. The van der Waals surface area contributed by atoms with Crippen LogP contribution in [0.15, 0.2) is 53.7 Å². The van der Waals surface area contributed by atoms with Gasteiger partial charge in [-0.3, -0.25) is 4.79 Å². The third-order valence-electron chi connectivity index (χ3n) is 3.16. The number of rotatable bonds is 5. The number of hydrogen-bond acceptors (Lipinski definition) is 4. The van der Waals surface area contributed by atoms with E-state index in [1.165, 1.54) is 18.2 Å². The molecule has 0 fully saturated rings. The van der Waals surface area contributed by atoms with Crippen molar-refractivity contribution in [3.05, 3.63) is 48.8 Å². The van der Waals surface area contributed by atoms with E-state index < -0.39 is 10.0 Å². The fraction of sp³-hybridized carbons (Fsp3) is 0.200. The van der Waals surface area contributed by atoms with Gasteiger partial charge in [-0.1, -0.05) is 6.07 Å². The van der Waals surface area contributed by atoms with Gasteiger partial charge in [0.05, 0.1) is 4.90 Å². The average molecular weight is 335 g/mol.